The molecule has 4 heteroatoms. The number of rotatable bonds is 1. The molecule has 0 aromatic carbocycles. The lowest BCUT2D eigenvalue weighted by Gasteiger charge is -2.38. The molecule has 1 saturated heterocycles. The van der Waals surface area contributed by atoms with Gasteiger partial charge in [-0.15, -0.1) is 0 Å². The number of amides is 1. The topological polar surface area (TPSA) is 37.4 Å². The normalized spacial score (nSPS) is 19.1. The van der Waals surface area contributed by atoms with Crippen LogP contribution in [-0.2, 0) is 9.59 Å². The van der Waals surface area contributed by atoms with Gasteiger partial charge in [0.05, 0.1) is 0 Å². The highest BCUT2D eigenvalue weighted by molar-refractivity contribution is 6.80. The van der Waals surface area contributed by atoms with Crippen LogP contribution in [0.5, 0.6) is 0 Å². The average Bonchev–Trinajstić information content (AvgIpc) is 2.15. The lowest BCUT2D eigenvalue weighted by atomic mass is 9.75. The van der Waals surface area contributed by atoms with Crippen molar-refractivity contribution in [1.29, 1.82) is 0 Å². The van der Waals surface area contributed by atoms with E-state index in [2.05, 4.69) is 20.8 Å². The van der Waals surface area contributed by atoms with Crippen molar-refractivity contribution < 1.29 is 9.59 Å². The van der Waals surface area contributed by atoms with E-state index in [-0.39, 0.29) is 5.41 Å². The van der Waals surface area contributed by atoms with Crippen molar-refractivity contribution in [3.63, 3.8) is 0 Å². The Morgan fingerprint density at radius 2 is 1.67 bits per heavy atom. The number of hydrogen-bond acceptors (Lipinski definition) is 2. The smallest absolute Gasteiger partial charge is 0.310 e. The van der Waals surface area contributed by atoms with Gasteiger partial charge in [-0.1, -0.05) is 20.8 Å². The molecule has 86 valence electrons. The van der Waals surface area contributed by atoms with Gasteiger partial charge in [0.2, 0.25) is 0 Å². The third-order valence-electron chi connectivity index (χ3n) is 3.18. The largest absolute Gasteiger partial charge is 0.335 e. The molecular weight excluding hydrogens is 214 g/mol. The summed E-state index contributed by atoms with van der Waals surface area (Å²) in [4.78, 5) is 23.5. The summed E-state index contributed by atoms with van der Waals surface area (Å²) in [7, 11) is 0. The van der Waals surface area contributed by atoms with E-state index in [1.54, 1.807) is 4.90 Å². The van der Waals surface area contributed by atoms with E-state index in [1.807, 2.05) is 0 Å². The van der Waals surface area contributed by atoms with Crippen molar-refractivity contribution in [2.24, 2.45) is 11.3 Å². The Morgan fingerprint density at radius 3 is 2.00 bits per heavy atom. The summed E-state index contributed by atoms with van der Waals surface area (Å²) < 4.78 is 0. The molecule has 3 nitrogen and oxygen atoms in total. The third-order valence-corrected chi connectivity index (χ3v) is 3.34. The fourth-order valence-electron chi connectivity index (χ4n) is 2.07. The van der Waals surface area contributed by atoms with Crippen LogP contribution in [0, 0.1) is 11.3 Å². The van der Waals surface area contributed by atoms with Gasteiger partial charge >= 0.3 is 11.1 Å². The number of carbonyl (C=O) groups excluding carboxylic acids is 2. The number of carbonyl (C=O) groups is 2. The second kappa shape index (κ2) is 4.52. The van der Waals surface area contributed by atoms with Crippen molar-refractivity contribution in [3.8, 4) is 0 Å². The maximum Gasteiger partial charge on any atom is 0.310 e. The van der Waals surface area contributed by atoms with Crippen molar-refractivity contribution in [2.75, 3.05) is 13.1 Å². The lowest BCUT2D eigenvalue weighted by Crippen LogP contribution is -2.43. The quantitative estimate of drug-likeness (QED) is 0.512. The molecule has 0 unspecified atom stereocenters. The summed E-state index contributed by atoms with van der Waals surface area (Å²) in [6.07, 6.45) is 1.92. The van der Waals surface area contributed by atoms with Gasteiger partial charge in [-0.3, -0.25) is 9.59 Å². The molecular formula is C11H18ClNO2. The minimum atomic E-state index is -0.871. The first-order valence-electron chi connectivity index (χ1n) is 5.31. The minimum absolute atomic E-state index is 0.278. The zero-order valence-electron chi connectivity index (χ0n) is 9.55. The Kier molecular flexibility index (Phi) is 3.77. The molecule has 1 aliphatic rings. The molecule has 0 radical (unpaired) electrons. The van der Waals surface area contributed by atoms with Crippen LogP contribution in [0.2, 0.25) is 0 Å². The van der Waals surface area contributed by atoms with Crippen molar-refractivity contribution in [3.05, 3.63) is 0 Å². The van der Waals surface area contributed by atoms with Gasteiger partial charge in [0, 0.05) is 13.1 Å². The Morgan fingerprint density at radius 1 is 1.20 bits per heavy atom. The van der Waals surface area contributed by atoms with Crippen molar-refractivity contribution in [2.45, 2.75) is 33.6 Å². The first kappa shape index (κ1) is 12.5. The van der Waals surface area contributed by atoms with Crippen LogP contribution < -0.4 is 0 Å². The second-order valence-electron chi connectivity index (χ2n) is 5.21. The Bertz CT molecular complexity index is 262. The van der Waals surface area contributed by atoms with Crippen LogP contribution in [0.3, 0.4) is 0 Å². The molecule has 0 aromatic rings. The molecule has 0 saturated carbocycles. The summed E-state index contributed by atoms with van der Waals surface area (Å²) in [6, 6.07) is 0. The van der Waals surface area contributed by atoms with Gasteiger partial charge < -0.3 is 4.90 Å². The second-order valence-corrected chi connectivity index (χ2v) is 5.55. The van der Waals surface area contributed by atoms with E-state index in [0.29, 0.717) is 19.0 Å². The molecule has 1 fully saturated rings. The molecule has 1 rings (SSSR count). The predicted octanol–water partition coefficient (Wildman–Crippen LogP) is 2.04. The fraction of sp³-hybridized carbons (Fsp3) is 0.818. The molecule has 0 aliphatic carbocycles. The third kappa shape index (κ3) is 3.20. The summed E-state index contributed by atoms with van der Waals surface area (Å²) in [5, 5.41) is -0.871. The summed E-state index contributed by atoms with van der Waals surface area (Å²) >= 11 is 5.16. The van der Waals surface area contributed by atoms with Crippen LogP contribution in [0.25, 0.3) is 0 Å². The van der Waals surface area contributed by atoms with E-state index >= 15 is 0 Å². The van der Waals surface area contributed by atoms with Gasteiger partial charge in [-0.05, 0) is 35.8 Å². The fourth-order valence-corrected chi connectivity index (χ4v) is 2.19. The Labute approximate surface area is 95.8 Å². The van der Waals surface area contributed by atoms with Gasteiger partial charge in [0.25, 0.3) is 0 Å². The minimum Gasteiger partial charge on any atom is -0.335 e. The molecule has 15 heavy (non-hydrogen) atoms. The van der Waals surface area contributed by atoms with E-state index in [0.717, 1.165) is 12.8 Å². The maximum absolute atomic E-state index is 11.3. The van der Waals surface area contributed by atoms with Gasteiger partial charge in [-0.25, -0.2) is 0 Å². The maximum atomic E-state index is 11.3. The molecule has 1 amide bonds. The zero-order valence-corrected chi connectivity index (χ0v) is 10.3. The van der Waals surface area contributed by atoms with Crippen LogP contribution >= 0.6 is 11.6 Å². The highest BCUT2D eigenvalue weighted by atomic mass is 35.5. The predicted molar refractivity (Wildman–Crippen MR) is 59.6 cm³/mol. The average molecular weight is 232 g/mol. The lowest BCUT2D eigenvalue weighted by molar-refractivity contribution is -0.142. The highest BCUT2D eigenvalue weighted by Crippen LogP contribution is 2.34. The monoisotopic (exact) mass is 231 g/mol. The molecule has 0 aromatic heterocycles. The number of hydrogen-bond donors (Lipinski definition) is 0. The van der Waals surface area contributed by atoms with Gasteiger partial charge in [0.1, 0.15) is 0 Å². The van der Waals surface area contributed by atoms with Crippen molar-refractivity contribution >= 4 is 22.8 Å². The number of likely N-dealkylation sites (tertiary alicyclic amines) is 1. The summed E-state index contributed by atoms with van der Waals surface area (Å²) in [5.74, 6) is 0.0657. The van der Waals surface area contributed by atoms with Crippen LogP contribution in [0.15, 0.2) is 0 Å². The van der Waals surface area contributed by atoms with Crippen LogP contribution in [0.4, 0.5) is 0 Å². The summed E-state index contributed by atoms with van der Waals surface area (Å²) in [6.45, 7) is 7.93. The molecule has 1 heterocycles. The molecule has 1 aliphatic heterocycles. The van der Waals surface area contributed by atoms with Crippen LogP contribution in [0.1, 0.15) is 33.6 Å². The molecule has 0 spiro atoms. The molecule has 0 bridgehead atoms. The van der Waals surface area contributed by atoms with E-state index < -0.39 is 11.1 Å². The molecule has 0 atom stereocenters. The summed E-state index contributed by atoms with van der Waals surface area (Å²) in [5.41, 5.74) is 0.278. The number of halogens is 1. The standard InChI is InChI=1S/C11H18ClNO2/c1-11(2,3)8-4-6-13(7-5-8)10(15)9(12)14/h8H,4-7H2,1-3H3. The van der Waals surface area contributed by atoms with Crippen LogP contribution in [-0.4, -0.2) is 29.1 Å². The van der Waals surface area contributed by atoms with Crippen molar-refractivity contribution in [1.82, 2.24) is 4.90 Å². The zero-order chi connectivity index (χ0) is 11.6. The number of piperidine rings is 1. The number of nitrogens with zero attached hydrogens (tertiary/aromatic N) is 1. The Balaban J connectivity index is 2.50. The molecule has 0 N–H and O–H groups in total. The van der Waals surface area contributed by atoms with Gasteiger partial charge in [-0.2, -0.15) is 0 Å². The van der Waals surface area contributed by atoms with E-state index in [4.69, 9.17) is 11.6 Å². The van der Waals surface area contributed by atoms with Gasteiger partial charge in [0.15, 0.2) is 0 Å². The van der Waals surface area contributed by atoms with E-state index in [9.17, 15) is 9.59 Å². The van der Waals surface area contributed by atoms with E-state index in [1.165, 1.54) is 0 Å². The highest BCUT2D eigenvalue weighted by Gasteiger charge is 2.31. The Hall–Kier alpha value is -0.570. The first-order chi connectivity index (χ1) is 6.82. The first-order valence-corrected chi connectivity index (χ1v) is 5.69. The SMILES string of the molecule is CC(C)(C)C1CCN(C(=O)C(=O)Cl)CC1.